The van der Waals surface area contributed by atoms with E-state index < -0.39 is 6.61 Å². The second kappa shape index (κ2) is 5.93. The minimum atomic E-state index is -2.91. The Labute approximate surface area is 91.6 Å². The minimum Gasteiger partial charge on any atom is -0.497 e. The molecule has 0 radical (unpaired) electrons. The van der Waals surface area contributed by atoms with Crippen LogP contribution in [-0.2, 0) is 0 Å². The molecule has 1 rings (SSSR count). The van der Waals surface area contributed by atoms with Crippen LogP contribution in [-0.4, -0.2) is 25.4 Å². The lowest BCUT2D eigenvalue weighted by atomic mass is 10.2. The van der Waals surface area contributed by atoms with Gasteiger partial charge in [0.15, 0.2) is 0 Å². The van der Waals surface area contributed by atoms with E-state index in [4.69, 9.17) is 9.84 Å². The molecule has 0 atom stereocenters. The van der Waals surface area contributed by atoms with Crippen LogP contribution >= 0.6 is 0 Å². The lowest BCUT2D eigenvalue weighted by Crippen LogP contribution is -2.03. The van der Waals surface area contributed by atoms with Gasteiger partial charge >= 0.3 is 6.61 Å². The van der Waals surface area contributed by atoms with Crippen LogP contribution in [0.1, 0.15) is 5.56 Å². The van der Waals surface area contributed by atoms with Crippen LogP contribution in [0.3, 0.4) is 0 Å². The van der Waals surface area contributed by atoms with Crippen LogP contribution < -0.4 is 9.47 Å². The minimum absolute atomic E-state index is 0.0447. The Morgan fingerprint density at radius 2 is 2.19 bits per heavy atom. The summed E-state index contributed by atoms with van der Waals surface area (Å²) in [6.07, 6.45) is 0. The monoisotopic (exact) mass is 228 g/mol. The highest BCUT2D eigenvalue weighted by Crippen LogP contribution is 2.24. The fourth-order valence-corrected chi connectivity index (χ4v) is 1.07. The molecule has 0 spiro atoms. The number of benzene rings is 1. The number of hydrogen-bond acceptors (Lipinski definition) is 3. The van der Waals surface area contributed by atoms with Crippen molar-refractivity contribution in [2.75, 3.05) is 13.7 Å². The van der Waals surface area contributed by atoms with Gasteiger partial charge in [0.1, 0.15) is 18.1 Å². The maximum absolute atomic E-state index is 12.1. The smallest absolute Gasteiger partial charge is 0.387 e. The quantitative estimate of drug-likeness (QED) is 0.799. The molecule has 0 aliphatic heterocycles. The van der Waals surface area contributed by atoms with Gasteiger partial charge in [-0.1, -0.05) is 11.8 Å². The molecular formula is C11H10F2O3. The van der Waals surface area contributed by atoms with Crippen LogP contribution in [0.2, 0.25) is 0 Å². The number of alkyl halides is 2. The predicted octanol–water partition coefficient (Wildman–Crippen LogP) is 1.64. The molecule has 3 nitrogen and oxygen atoms in total. The molecule has 0 heterocycles. The number of methoxy groups -OCH3 is 1. The number of hydrogen-bond donors (Lipinski definition) is 1. The van der Waals surface area contributed by atoms with Crippen molar-refractivity contribution in [1.82, 2.24) is 0 Å². The average Bonchev–Trinajstić information content (AvgIpc) is 2.27. The van der Waals surface area contributed by atoms with Crippen molar-refractivity contribution in [2.45, 2.75) is 6.61 Å². The second-order valence-corrected chi connectivity index (χ2v) is 2.70. The topological polar surface area (TPSA) is 38.7 Å². The molecule has 1 aromatic carbocycles. The third-order valence-electron chi connectivity index (χ3n) is 1.70. The molecule has 0 aliphatic rings. The zero-order chi connectivity index (χ0) is 12.0. The summed E-state index contributed by atoms with van der Waals surface area (Å²) in [4.78, 5) is 0. The van der Waals surface area contributed by atoms with E-state index in [-0.39, 0.29) is 17.9 Å². The molecule has 0 aliphatic carbocycles. The van der Waals surface area contributed by atoms with Gasteiger partial charge in [0, 0.05) is 0 Å². The molecule has 0 amide bonds. The summed E-state index contributed by atoms with van der Waals surface area (Å²) in [5, 5.41) is 8.53. The number of aliphatic hydroxyl groups excluding tert-OH is 1. The van der Waals surface area contributed by atoms with Crippen molar-refractivity contribution in [1.29, 1.82) is 0 Å². The highest BCUT2D eigenvalue weighted by atomic mass is 19.3. The highest BCUT2D eigenvalue weighted by molar-refractivity contribution is 5.50. The lowest BCUT2D eigenvalue weighted by molar-refractivity contribution is -0.0500. The molecule has 16 heavy (non-hydrogen) atoms. The third-order valence-corrected chi connectivity index (χ3v) is 1.70. The van der Waals surface area contributed by atoms with E-state index in [2.05, 4.69) is 16.6 Å². The predicted molar refractivity (Wildman–Crippen MR) is 53.6 cm³/mol. The zero-order valence-electron chi connectivity index (χ0n) is 8.54. The molecule has 0 saturated heterocycles. The summed E-state index contributed by atoms with van der Waals surface area (Å²) in [5.74, 6) is 5.29. The van der Waals surface area contributed by atoms with Crippen molar-refractivity contribution in [3.05, 3.63) is 23.8 Å². The van der Waals surface area contributed by atoms with Crippen molar-refractivity contribution >= 4 is 0 Å². The molecule has 0 bridgehead atoms. The maximum Gasteiger partial charge on any atom is 0.387 e. The van der Waals surface area contributed by atoms with Gasteiger partial charge in [-0.3, -0.25) is 0 Å². The molecule has 0 fully saturated rings. The van der Waals surface area contributed by atoms with Gasteiger partial charge in [-0.15, -0.1) is 0 Å². The fraction of sp³-hybridized carbons (Fsp3) is 0.273. The number of ether oxygens (including phenoxy) is 2. The number of halogens is 2. The second-order valence-electron chi connectivity index (χ2n) is 2.70. The van der Waals surface area contributed by atoms with Crippen LogP contribution in [0.4, 0.5) is 8.78 Å². The lowest BCUT2D eigenvalue weighted by Gasteiger charge is -2.08. The van der Waals surface area contributed by atoms with Crippen LogP contribution in [0, 0.1) is 11.8 Å². The highest BCUT2D eigenvalue weighted by Gasteiger charge is 2.09. The fourth-order valence-electron chi connectivity index (χ4n) is 1.07. The summed E-state index contributed by atoms with van der Waals surface area (Å²) in [5.41, 5.74) is 0.244. The first kappa shape index (κ1) is 12.3. The van der Waals surface area contributed by atoms with E-state index in [0.717, 1.165) is 0 Å². The van der Waals surface area contributed by atoms with E-state index in [0.29, 0.717) is 5.75 Å². The Hall–Kier alpha value is -1.80. The first-order valence-electron chi connectivity index (χ1n) is 4.40. The standard InChI is InChI=1S/C11H10F2O3/c1-15-9-4-5-10(16-11(12)13)8(7-9)3-2-6-14/h4-5,7,11,14H,6H2,1H3. The molecule has 0 saturated carbocycles. The SMILES string of the molecule is COc1ccc(OC(F)F)c(C#CCO)c1. The van der Waals surface area contributed by atoms with E-state index in [1.807, 2.05) is 0 Å². The third kappa shape index (κ3) is 3.41. The van der Waals surface area contributed by atoms with Gasteiger partial charge in [-0.05, 0) is 18.2 Å². The van der Waals surface area contributed by atoms with Crippen molar-refractivity contribution in [3.63, 3.8) is 0 Å². The summed E-state index contributed by atoms with van der Waals surface area (Å²) in [6.45, 7) is -3.27. The zero-order valence-corrected chi connectivity index (χ0v) is 8.54. The average molecular weight is 228 g/mol. The Kier molecular flexibility index (Phi) is 4.55. The van der Waals surface area contributed by atoms with Gasteiger partial charge in [0.25, 0.3) is 0 Å². The van der Waals surface area contributed by atoms with Gasteiger partial charge in [-0.25, -0.2) is 0 Å². The number of aliphatic hydroxyl groups is 1. The van der Waals surface area contributed by atoms with Gasteiger partial charge in [-0.2, -0.15) is 8.78 Å². The maximum atomic E-state index is 12.1. The molecule has 86 valence electrons. The molecule has 5 heteroatoms. The van der Waals surface area contributed by atoms with Crippen molar-refractivity contribution in [3.8, 4) is 23.3 Å². The first-order chi connectivity index (χ1) is 7.67. The Morgan fingerprint density at radius 3 is 2.75 bits per heavy atom. The van der Waals surface area contributed by atoms with Crippen molar-refractivity contribution < 1.29 is 23.4 Å². The Balaban J connectivity index is 3.05. The molecule has 0 unspecified atom stereocenters. The molecule has 1 aromatic rings. The summed E-state index contributed by atoms with van der Waals surface area (Å²) in [7, 11) is 1.45. The van der Waals surface area contributed by atoms with Gasteiger partial charge in [0.2, 0.25) is 0 Å². The Bertz CT molecular complexity index is 407. The number of rotatable bonds is 3. The molecule has 1 N–H and O–H groups in total. The van der Waals surface area contributed by atoms with E-state index in [9.17, 15) is 8.78 Å². The van der Waals surface area contributed by atoms with E-state index in [1.54, 1.807) is 0 Å². The largest absolute Gasteiger partial charge is 0.497 e. The first-order valence-corrected chi connectivity index (χ1v) is 4.40. The molecule has 0 aromatic heterocycles. The Morgan fingerprint density at radius 1 is 1.44 bits per heavy atom. The summed E-state index contributed by atoms with van der Waals surface area (Å²) >= 11 is 0. The van der Waals surface area contributed by atoms with Gasteiger partial charge in [0.05, 0.1) is 12.7 Å². The summed E-state index contributed by atoms with van der Waals surface area (Å²) < 4.78 is 33.3. The van der Waals surface area contributed by atoms with Crippen LogP contribution in [0.5, 0.6) is 11.5 Å². The van der Waals surface area contributed by atoms with Crippen LogP contribution in [0.25, 0.3) is 0 Å². The summed E-state index contributed by atoms with van der Waals surface area (Å²) in [6, 6.07) is 4.29. The normalized spacial score (nSPS) is 9.56. The van der Waals surface area contributed by atoms with Crippen LogP contribution in [0.15, 0.2) is 18.2 Å². The van der Waals surface area contributed by atoms with E-state index in [1.165, 1.54) is 25.3 Å². The van der Waals surface area contributed by atoms with Crippen molar-refractivity contribution in [2.24, 2.45) is 0 Å². The van der Waals surface area contributed by atoms with Gasteiger partial charge < -0.3 is 14.6 Å². The molecular weight excluding hydrogens is 218 g/mol. The van der Waals surface area contributed by atoms with E-state index >= 15 is 0 Å².